The smallest absolute Gasteiger partial charge is 0.332 e. The van der Waals surface area contributed by atoms with Crippen LogP contribution in [0, 0.1) is 0 Å². The van der Waals surface area contributed by atoms with Crippen molar-refractivity contribution >= 4 is 39.4 Å². The van der Waals surface area contributed by atoms with Crippen molar-refractivity contribution in [2.24, 2.45) is 0 Å². The molecule has 0 fully saturated rings. The van der Waals surface area contributed by atoms with E-state index in [1.165, 1.54) is 64.2 Å². The molecule has 1 aromatic heterocycles. The first kappa shape index (κ1) is 31.9. The lowest BCUT2D eigenvalue weighted by atomic mass is 10.0. The summed E-state index contributed by atoms with van der Waals surface area (Å²) < 4.78 is 2.62. The Kier molecular flexibility index (Phi) is 14.3. The van der Waals surface area contributed by atoms with Gasteiger partial charge in [0, 0.05) is 21.5 Å². The molecule has 3 rings (SSSR count). The predicted molar refractivity (Wildman–Crippen MR) is 166 cm³/mol. The minimum atomic E-state index is -0.579. The van der Waals surface area contributed by atoms with Crippen LogP contribution in [-0.4, -0.2) is 21.7 Å². The molecule has 0 atom stereocenters. The fraction of sp³-hybridized carbons (Fsp3) is 0.469. The lowest BCUT2D eigenvalue weighted by molar-refractivity contribution is -0.149. The molecule has 3 aromatic rings. The SMILES string of the molecule is CCCCCCCCCCCCCCCC(=O)ONC(=O)c1cc(-c2ccc(Br)cc2)n(-c2ccc(Cl)cc2)n1. The van der Waals surface area contributed by atoms with Crippen LogP contribution in [0.25, 0.3) is 16.9 Å². The second-order valence-electron chi connectivity index (χ2n) is 10.2. The van der Waals surface area contributed by atoms with E-state index in [4.69, 9.17) is 16.4 Å². The number of hydrogen-bond donors (Lipinski definition) is 1. The van der Waals surface area contributed by atoms with E-state index in [1.54, 1.807) is 22.9 Å². The summed E-state index contributed by atoms with van der Waals surface area (Å²) in [5.74, 6) is -1.02. The molecule has 216 valence electrons. The van der Waals surface area contributed by atoms with Gasteiger partial charge in [-0.3, -0.25) is 4.79 Å². The number of carbonyl (C=O) groups excluding carboxylic acids is 2. The lowest BCUT2D eigenvalue weighted by Crippen LogP contribution is -2.27. The Labute approximate surface area is 251 Å². The highest BCUT2D eigenvalue weighted by Crippen LogP contribution is 2.26. The number of unbranched alkanes of at least 4 members (excludes halogenated alkanes) is 12. The molecule has 0 spiro atoms. The summed E-state index contributed by atoms with van der Waals surface area (Å²) >= 11 is 9.50. The molecule has 6 nitrogen and oxygen atoms in total. The maximum Gasteiger partial charge on any atom is 0.332 e. The van der Waals surface area contributed by atoms with Crippen LogP contribution in [0.4, 0.5) is 0 Å². The fourth-order valence-corrected chi connectivity index (χ4v) is 4.98. The van der Waals surface area contributed by atoms with E-state index in [0.717, 1.165) is 40.7 Å². The minimum Gasteiger partial charge on any atom is -0.340 e. The number of aromatic nitrogens is 2. The molecule has 0 radical (unpaired) electrons. The Bertz CT molecular complexity index is 1120. The van der Waals surface area contributed by atoms with Crippen LogP contribution in [0.15, 0.2) is 59.1 Å². The van der Waals surface area contributed by atoms with Crippen molar-refractivity contribution in [3.05, 3.63) is 69.8 Å². The fourth-order valence-electron chi connectivity index (χ4n) is 4.59. The van der Waals surface area contributed by atoms with Gasteiger partial charge in [-0.15, -0.1) is 0 Å². The third-order valence-electron chi connectivity index (χ3n) is 6.90. The molecular weight excluding hydrogens is 590 g/mol. The van der Waals surface area contributed by atoms with Crippen molar-refractivity contribution in [2.75, 3.05) is 0 Å². The zero-order valence-corrected chi connectivity index (χ0v) is 25.8. The zero-order valence-electron chi connectivity index (χ0n) is 23.5. The number of hydrogen-bond acceptors (Lipinski definition) is 4. The number of nitrogens with zero attached hydrogens (tertiary/aromatic N) is 2. The topological polar surface area (TPSA) is 73.2 Å². The second-order valence-corrected chi connectivity index (χ2v) is 11.6. The van der Waals surface area contributed by atoms with Gasteiger partial charge in [0.05, 0.1) is 11.4 Å². The largest absolute Gasteiger partial charge is 0.340 e. The first-order valence-corrected chi connectivity index (χ1v) is 15.8. The van der Waals surface area contributed by atoms with E-state index in [1.807, 2.05) is 36.4 Å². The van der Waals surface area contributed by atoms with Crippen LogP contribution < -0.4 is 5.48 Å². The molecule has 2 aromatic carbocycles. The molecule has 0 aliphatic carbocycles. The summed E-state index contributed by atoms with van der Waals surface area (Å²) in [6, 6.07) is 16.6. The molecule has 1 amide bonds. The van der Waals surface area contributed by atoms with Crippen LogP contribution in [0.5, 0.6) is 0 Å². The molecule has 0 aliphatic heterocycles. The highest BCUT2D eigenvalue weighted by molar-refractivity contribution is 9.10. The first-order valence-electron chi connectivity index (χ1n) is 14.6. The van der Waals surface area contributed by atoms with Gasteiger partial charge in [-0.2, -0.15) is 10.6 Å². The minimum absolute atomic E-state index is 0.140. The van der Waals surface area contributed by atoms with Gasteiger partial charge in [-0.05, 0) is 48.9 Å². The summed E-state index contributed by atoms with van der Waals surface area (Å²) in [4.78, 5) is 30.0. The molecule has 1 N–H and O–H groups in total. The van der Waals surface area contributed by atoms with Crippen LogP contribution >= 0.6 is 27.5 Å². The highest BCUT2D eigenvalue weighted by Gasteiger charge is 2.18. The first-order chi connectivity index (χ1) is 19.5. The van der Waals surface area contributed by atoms with Gasteiger partial charge in [0.1, 0.15) is 0 Å². The quantitative estimate of drug-likeness (QED) is 0.119. The Hall–Kier alpha value is -2.64. The number of hydroxylamine groups is 1. The van der Waals surface area contributed by atoms with Gasteiger partial charge in [-0.1, -0.05) is 124 Å². The van der Waals surface area contributed by atoms with Crippen molar-refractivity contribution < 1.29 is 14.4 Å². The average Bonchev–Trinajstić information content (AvgIpc) is 3.40. The van der Waals surface area contributed by atoms with E-state index in [2.05, 4.69) is 33.4 Å². The summed E-state index contributed by atoms with van der Waals surface area (Å²) in [6.45, 7) is 2.25. The Morgan fingerprint density at radius 1 is 0.825 bits per heavy atom. The molecule has 40 heavy (non-hydrogen) atoms. The van der Waals surface area contributed by atoms with E-state index in [9.17, 15) is 9.59 Å². The lowest BCUT2D eigenvalue weighted by Gasteiger charge is -2.08. The Morgan fingerprint density at radius 2 is 1.38 bits per heavy atom. The normalized spacial score (nSPS) is 11.0. The standard InChI is InChI=1S/C32H41BrClN3O3/c1-2-3-4-5-6-7-8-9-10-11-12-13-14-15-31(38)40-36-32(39)29-24-30(25-16-18-26(33)19-17-25)37(35-29)28-22-20-27(34)21-23-28/h16-24H,2-15H2,1H3,(H,36,39). The Balaban J connectivity index is 1.39. The number of benzene rings is 2. The van der Waals surface area contributed by atoms with Crippen molar-refractivity contribution in [3.8, 4) is 16.9 Å². The molecule has 0 bridgehead atoms. The van der Waals surface area contributed by atoms with Crippen LogP contribution in [0.1, 0.15) is 107 Å². The number of nitrogens with one attached hydrogen (secondary N) is 1. The van der Waals surface area contributed by atoms with E-state index < -0.39 is 11.9 Å². The van der Waals surface area contributed by atoms with Crippen molar-refractivity contribution in [2.45, 2.75) is 96.8 Å². The van der Waals surface area contributed by atoms with E-state index >= 15 is 0 Å². The van der Waals surface area contributed by atoms with Gasteiger partial charge in [0.15, 0.2) is 5.69 Å². The molecule has 1 heterocycles. The monoisotopic (exact) mass is 629 g/mol. The number of rotatable bonds is 17. The van der Waals surface area contributed by atoms with E-state index in [0.29, 0.717) is 5.02 Å². The summed E-state index contributed by atoms with van der Waals surface area (Å²) in [6.07, 6.45) is 16.4. The van der Waals surface area contributed by atoms with Gasteiger partial charge in [0.2, 0.25) is 0 Å². The molecule has 8 heteroatoms. The van der Waals surface area contributed by atoms with Gasteiger partial charge < -0.3 is 4.84 Å². The predicted octanol–water partition coefficient (Wildman–Crippen LogP) is 9.62. The van der Waals surface area contributed by atoms with Crippen LogP contribution in [-0.2, 0) is 9.63 Å². The number of halogens is 2. The van der Waals surface area contributed by atoms with E-state index in [-0.39, 0.29) is 12.1 Å². The average molecular weight is 631 g/mol. The molecule has 0 saturated carbocycles. The third-order valence-corrected chi connectivity index (χ3v) is 7.68. The number of amides is 1. The maximum absolute atomic E-state index is 12.8. The third kappa shape index (κ3) is 11.1. The van der Waals surface area contributed by atoms with Crippen molar-refractivity contribution in [3.63, 3.8) is 0 Å². The molecule has 0 aliphatic rings. The second kappa shape index (κ2) is 17.9. The number of carbonyl (C=O) groups is 2. The van der Waals surface area contributed by atoms with Gasteiger partial charge in [-0.25, -0.2) is 9.48 Å². The van der Waals surface area contributed by atoms with Crippen LogP contribution in [0.3, 0.4) is 0 Å². The molecule has 0 saturated heterocycles. The van der Waals surface area contributed by atoms with Gasteiger partial charge in [0.25, 0.3) is 0 Å². The molecule has 0 unspecified atom stereocenters. The molecular formula is C32H41BrClN3O3. The summed E-state index contributed by atoms with van der Waals surface area (Å²) in [5, 5.41) is 5.09. The maximum atomic E-state index is 12.8. The van der Waals surface area contributed by atoms with Crippen LogP contribution in [0.2, 0.25) is 5.02 Å². The highest BCUT2D eigenvalue weighted by atomic mass is 79.9. The summed E-state index contributed by atoms with van der Waals surface area (Å²) in [7, 11) is 0. The van der Waals surface area contributed by atoms with Crippen molar-refractivity contribution in [1.82, 2.24) is 15.3 Å². The summed E-state index contributed by atoms with van der Waals surface area (Å²) in [5.41, 5.74) is 4.75. The zero-order chi connectivity index (χ0) is 28.6. The Morgan fingerprint density at radius 3 is 1.95 bits per heavy atom. The van der Waals surface area contributed by atoms with Crippen molar-refractivity contribution in [1.29, 1.82) is 0 Å². The van der Waals surface area contributed by atoms with Gasteiger partial charge >= 0.3 is 11.9 Å².